The van der Waals surface area contributed by atoms with Crippen molar-refractivity contribution in [2.45, 2.75) is 32.5 Å². The molecule has 0 atom stereocenters. The maximum atomic E-state index is 12.8. The summed E-state index contributed by atoms with van der Waals surface area (Å²) in [6.07, 6.45) is -2.51. The third-order valence-corrected chi connectivity index (χ3v) is 2.86. The predicted molar refractivity (Wildman–Crippen MR) is 65.5 cm³/mol. The topological polar surface area (TPSA) is 23.5 Å². The highest BCUT2D eigenvalue weighted by molar-refractivity contribution is 5.51. The van der Waals surface area contributed by atoms with Crippen molar-refractivity contribution in [2.75, 3.05) is 18.5 Å². The molecule has 2 nitrogen and oxygen atoms in total. The van der Waals surface area contributed by atoms with Crippen molar-refractivity contribution in [2.24, 2.45) is 0 Å². The highest BCUT2D eigenvalue weighted by atomic mass is 19.4. The summed E-state index contributed by atoms with van der Waals surface area (Å²) in [6, 6.07) is 4.04. The van der Waals surface area contributed by atoms with E-state index in [0.29, 0.717) is 12.2 Å². The second-order valence-electron chi connectivity index (χ2n) is 4.27. The Morgan fingerprint density at radius 3 is 2.44 bits per heavy atom. The standard InChI is InChI=1S/C13H18F3NO/c1-3-4-7-17(2)11-6-5-10(9-18)12(8-11)13(14,15)16/h5-6,8,18H,3-4,7,9H2,1-2H3. The summed E-state index contributed by atoms with van der Waals surface area (Å²) < 4.78 is 38.4. The number of aliphatic hydroxyl groups is 1. The molecule has 0 spiro atoms. The number of nitrogens with zero attached hydrogens (tertiary/aromatic N) is 1. The van der Waals surface area contributed by atoms with E-state index in [1.54, 1.807) is 18.0 Å². The van der Waals surface area contributed by atoms with Crippen LogP contribution in [0.15, 0.2) is 18.2 Å². The summed E-state index contributed by atoms with van der Waals surface area (Å²) in [5, 5.41) is 8.94. The van der Waals surface area contributed by atoms with Crippen LogP contribution in [0.4, 0.5) is 18.9 Å². The molecule has 0 bridgehead atoms. The number of aliphatic hydroxyl groups excluding tert-OH is 1. The zero-order chi connectivity index (χ0) is 13.8. The first-order valence-corrected chi connectivity index (χ1v) is 5.92. The summed E-state index contributed by atoms with van der Waals surface area (Å²) in [5.74, 6) is 0. The van der Waals surface area contributed by atoms with E-state index in [1.165, 1.54) is 6.07 Å². The van der Waals surface area contributed by atoms with Crippen LogP contribution in [0.3, 0.4) is 0 Å². The summed E-state index contributed by atoms with van der Waals surface area (Å²) >= 11 is 0. The van der Waals surface area contributed by atoms with Gasteiger partial charge in [0.25, 0.3) is 0 Å². The highest BCUT2D eigenvalue weighted by Crippen LogP contribution is 2.34. The number of unbranched alkanes of at least 4 members (excludes halogenated alkanes) is 1. The number of hydrogen-bond acceptors (Lipinski definition) is 2. The Morgan fingerprint density at radius 1 is 1.28 bits per heavy atom. The Labute approximate surface area is 105 Å². The molecule has 0 heterocycles. The molecule has 102 valence electrons. The van der Waals surface area contributed by atoms with Crippen molar-refractivity contribution in [1.82, 2.24) is 0 Å². The average Bonchev–Trinajstić information content (AvgIpc) is 2.34. The molecule has 1 rings (SSSR count). The molecule has 5 heteroatoms. The lowest BCUT2D eigenvalue weighted by Crippen LogP contribution is -2.19. The fraction of sp³-hybridized carbons (Fsp3) is 0.538. The second kappa shape index (κ2) is 6.09. The second-order valence-corrected chi connectivity index (χ2v) is 4.27. The maximum absolute atomic E-state index is 12.8. The van der Waals surface area contributed by atoms with Gasteiger partial charge >= 0.3 is 6.18 Å². The van der Waals surface area contributed by atoms with Gasteiger partial charge in [0.2, 0.25) is 0 Å². The fourth-order valence-electron chi connectivity index (χ4n) is 1.73. The van der Waals surface area contributed by atoms with Crippen LogP contribution in [0, 0.1) is 0 Å². The first-order chi connectivity index (χ1) is 8.40. The number of alkyl halides is 3. The van der Waals surface area contributed by atoms with Crippen molar-refractivity contribution in [3.05, 3.63) is 29.3 Å². The van der Waals surface area contributed by atoms with E-state index in [4.69, 9.17) is 5.11 Å². The van der Waals surface area contributed by atoms with Crippen LogP contribution in [0.2, 0.25) is 0 Å². The van der Waals surface area contributed by atoms with Crippen molar-refractivity contribution >= 4 is 5.69 Å². The molecular formula is C13H18F3NO. The van der Waals surface area contributed by atoms with Gasteiger partial charge in [-0.1, -0.05) is 19.4 Å². The minimum atomic E-state index is -4.43. The van der Waals surface area contributed by atoms with E-state index in [2.05, 4.69) is 0 Å². The molecule has 0 saturated carbocycles. The Hall–Kier alpha value is -1.23. The Kier molecular flexibility index (Phi) is 5.02. The van der Waals surface area contributed by atoms with Crippen molar-refractivity contribution in [3.8, 4) is 0 Å². The van der Waals surface area contributed by atoms with Gasteiger partial charge in [0.15, 0.2) is 0 Å². The van der Waals surface area contributed by atoms with E-state index in [9.17, 15) is 13.2 Å². The van der Waals surface area contributed by atoms with Crippen LogP contribution in [-0.2, 0) is 12.8 Å². The number of hydrogen-bond donors (Lipinski definition) is 1. The smallest absolute Gasteiger partial charge is 0.392 e. The molecule has 0 fully saturated rings. The minimum Gasteiger partial charge on any atom is -0.392 e. The molecular weight excluding hydrogens is 243 g/mol. The van der Waals surface area contributed by atoms with Crippen LogP contribution < -0.4 is 4.90 Å². The molecule has 18 heavy (non-hydrogen) atoms. The SMILES string of the molecule is CCCCN(C)c1ccc(CO)c(C(F)(F)F)c1. The molecule has 1 aromatic carbocycles. The molecule has 0 aliphatic heterocycles. The van der Waals surface area contributed by atoms with Gasteiger partial charge in [-0.2, -0.15) is 13.2 Å². The Bertz CT molecular complexity index is 390. The molecule has 0 saturated heterocycles. The van der Waals surface area contributed by atoms with Gasteiger partial charge in [-0.05, 0) is 24.1 Å². The molecule has 0 aliphatic carbocycles. The van der Waals surface area contributed by atoms with Crippen molar-refractivity contribution in [1.29, 1.82) is 0 Å². The first-order valence-electron chi connectivity index (χ1n) is 5.92. The van der Waals surface area contributed by atoms with Gasteiger partial charge in [-0.15, -0.1) is 0 Å². The van der Waals surface area contributed by atoms with Gasteiger partial charge in [0.05, 0.1) is 12.2 Å². The van der Waals surface area contributed by atoms with Crippen LogP contribution in [0.25, 0.3) is 0 Å². The summed E-state index contributed by atoms with van der Waals surface area (Å²) in [6.45, 7) is 2.14. The molecule has 1 aromatic rings. The summed E-state index contributed by atoms with van der Waals surface area (Å²) in [5.41, 5.74) is -0.325. The van der Waals surface area contributed by atoms with Gasteiger partial charge < -0.3 is 10.0 Å². The molecule has 1 N–H and O–H groups in total. The zero-order valence-corrected chi connectivity index (χ0v) is 10.6. The van der Waals surface area contributed by atoms with E-state index < -0.39 is 18.3 Å². The normalized spacial score (nSPS) is 11.7. The lowest BCUT2D eigenvalue weighted by Gasteiger charge is -2.21. The molecule has 0 aliphatic rings. The van der Waals surface area contributed by atoms with Gasteiger partial charge in [-0.25, -0.2) is 0 Å². The van der Waals surface area contributed by atoms with Crippen LogP contribution >= 0.6 is 0 Å². The van der Waals surface area contributed by atoms with E-state index >= 15 is 0 Å². The number of rotatable bonds is 5. The number of benzene rings is 1. The average molecular weight is 261 g/mol. The van der Waals surface area contributed by atoms with Crippen LogP contribution in [-0.4, -0.2) is 18.7 Å². The third kappa shape index (κ3) is 3.63. The van der Waals surface area contributed by atoms with Crippen molar-refractivity contribution < 1.29 is 18.3 Å². The lowest BCUT2D eigenvalue weighted by atomic mass is 10.1. The first kappa shape index (κ1) is 14.8. The number of halogens is 3. The number of anilines is 1. The third-order valence-electron chi connectivity index (χ3n) is 2.86. The largest absolute Gasteiger partial charge is 0.416 e. The van der Waals surface area contributed by atoms with Crippen molar-refractivity contribution in [3.63, 3.8) is 0 Å². The monoisotopic (exact) mass is 261 g/mol. The highest BCUT2D eigenvalue weighted by Gasteiger charge is 2.33. The fourth-order valence-corrected chi connectivity index (χ4v) is 1.73. The molecule has 0 amide bonds. The lowest BCUT2D eigenvalue weighted by molar-refractivity contribution is -0.138. The van der Waals surface area contributed by atoms with E-state index in [-0.39, 0.29) is 5.56 Å². The zero-order valence-electron chi connectivity index (χ0n) is 10.6. The van der Waals surface area contributed by atoms with Crippen LogP contribution in [0.5, 0.6) is 0 Å². The summed E-state index contributed by atoms with van der Waals surface area (Å²) in [7, 11) is 1.77. The minimum absolute atomic E-state index is 0.0878. The van der Waals surface area contributed by atoms with Gasteiger partial charge in [0.1, 0.15) is 0 Å². The quantitative estimate of drug-likeness (QED) is 0.877. The molecule has 0 aromatic heterocycles. The van der Waals surface area contributed by atoms with E-state index in [1.807, 2.05) is 6.92 Å². The predicted octanol–water partition coefficient (Wildman–Crippen LogP) is 3.43. The van der Waals surface area contributed by atoms with Gasteiger partial charge in [-0.3, -0.25) is 0 Å². The Morgan fingerprint density at radius 2 is 1.94 bits per heavy atom. The van der Waals surface area contributed by atoms with E-state index in [0.717, 1.165) is 18.9 Å². The van der Waals surface area contributed by atoms with Gasteiger partial charge in [0, 0.05) is 19.3 Å². The summed E-state index contributed by atoms with van der Waals surface area (Å²) in [4.78, 5) is 1.79. The Balaban J connectivity index is 3.03. The van der Waals surface area contributed by atoms with Crippen LogP contribution in [0.1, 0.15) is 30.9 Å². The molecule has 0 unspecified atom stereocenters. The maximum Gasteiger partial charge on any atom is 0.416 e. The molecule has 0 radical (unpaired) electrons.